The minimum absolute atomic E-state index is 0.00292. The summed E-state index contributed by atoms with van der Waals surface area (Å²) < 4.78 is 6.02. The van der Waals surface area contributed by atoms with Gasteiger partial charge in [0.2, 0.25) is 0 Å². The maximum absolute atomic E-state index is 5.56. The maximum atomic E-state index is 5.56. The average Bonchev–Trinajstić information content (AvgIpc) is 2.10. The summed E-state index contributed by atoms with van der Waals surface area (Å²) in [5.74, 6) is 0. The summed E-state index contributed by atoms with van der Waals surface area (Å²) in [5, 5.41) is 0. The van der Waals surface area contributed by atoms with Crippen LogP contribution in [0.4, 0.5) is 0 Å². The molecule has 0 bridgehead atoms. The quantitative estimate of drug-likeness (QED) is 0.380. The van der Waals surface area contributed by atoms with Gasteiger partial charge in [-0.2, -0.15) is 0 Å². The molecule has 1 heterocycles. The van der Waals surface area contributed by atoms with E-state index < -0.39 is 0 Å². The Bertz CT molecular complexity index is 99.1. The molecule has 0 aromatic heterocycles. The van der Waals surface area contributed by atoms with Crippen LogP contribution in [0.15, 0.2) is 0 Å². The number of hydrogen-bond donors (Lipinski definition) is 0. The zero-order valence-corrected chi connectivity index (χ0v) is 7.67. The smallest absolute Gasteiger partial charge is 0.109 e. The first-order valence-electron chi connectivity index (χ1n) is 3.29. The van der Waals surface area contributed by atoms with E-state index in [0.29, 0.717) is 10.0 Å². The Kier molecular flexibility index (Phi) is 2.83. The summed E-state index contributed by atoms with van der Waals surface area (Å²) in [4.78, 5) is 0. The second kappa shape index (κ2) is 3.24. The van der Waals surface area contributed by atoms with Crippen LogP contribution in [-0.4, -0.2) is 23.9 Å². The first kappa shape index (κ1) is 7.86. The van der Waals surface area contributed by atoms with Crippen molar-refractivity contribution in [2.75, 3.05) is 0 Å². The molecule has 0 spiro atoms. The lowest BCUT2D eigenvalue weighted by Gasteiger charge is -2.09. The number of hydrogen-bond acceptors (Lipinski definition) is 1. The summed E-state index contributed by atoms with van der Waals surface area (Å²) in [6, 6.07) is -0.00292. The Labute approximate surface area is 71.1 Å². The third kappa shape index (κ3) is 1.83. The van der Waals surface area contributed by atoms with E-state index in [-0.39, 0.29) is 6.00 Å². The normalized spacial score (nSPS) is 43.6. The van der Waals surface area contributed by atoms with Crippen molar-refractivity contribution in [3.63, 3.8) is 0 Å². The van der Waals surface area contributed by atoms with E-state index in [1.165, 1.54) is 0 Å². The van der Waals surface area contributed by atoms with Crippen molar-refractivity contribution in [1.82, 2.24) is 0 Å². The lowest BCUT2D eigenvalue weighted by atomic mass is 9.97. The van der Waals surface area contributed by atoms with Gasteiger partial charge in [-0.15, -0.1) is 0 Å². The highest BCUT2D eigenvalue weighted by Gasteiger charge is 2.28. The topological polar surface area (TPSA) is 9.23 Å². The van der Waals surface area contributed by atoms with Gasteiger partial charge in [0.1, 0.15) is 7.85 Å². The Morgan fingerprint density at radius 3 is 2.67 bits per heavy atom. The van der Waals surface area contributed by atoms with Gasteiger partial charge in [-0.1, -0.05) is 29.5 Å². The molecule has 0 aromatic carbocycles. The van der Waals surface area contributed by atoms with Crippen LogP contribution in [0, 0.1) is 0 Å². The highest BCUT2D eigenvalue weighted by Crippen LogP contribution is 2.27. The summed E-state index contributed by atoms with van der Waals surface area (Å²) >= 11 is 2.40. The molecule has 0 saturated carbocycles. The van der Waals surface area contributed by atoms with E-state index in [0.717, 1.165) is 12.8 Å². The van der Waals surface area contributed by atoms with Gasteiger partial charge in [0.05, 0.1) is 6.10 Å². The minimum atomic E-state index is -0.00292. The zero-order chi connectivity index (χ0) is 6.85. The van der Waals surface area contributed by atoms with Crippen molar-refractivity contribution in [1.29, 1.82) is 0 Å². The largest absolute Gasteiger partial charge is 0.384 e. The van der Waals surface area contributed by atoms with Crippen molar-refractivity contribution in [3.8, 4) is 0 Å². The van der Waals surface area contributed by atoms with E-state index in [9.17, 15) is 0 Å². The monoisotopic (exact) mass is 236 g/mol. The van der Waals surface area contributed by atoms with Crippen LogP contribution in [0.1, 0.15) is 19.8 Å². The lowest BCUT2D eigenvalue weighted by Crippen LogP contribution is -2.13. The summed E-state index contributed by atoms with van der Waals surface area (Å²) in [7, 11) is 5.56. The minimum Gasteiger partial charge on any atom is -0.384 e. The second-order valence-corrected chi connectivity index (χ2v) is 3.97. The summed E-state index contributed by atoms with van der Waals surface area (Å²) in [6.45, 7) is 2.13. The predicted octanol–water partition coefficient (Wildman–Crippen LogP) is 1.48. The SMILES string of the molecule is [B][C@@H]1C[C@H](I)[C@@H](CC)O1. The third-order valence-corrected chi connectivity index (χ3v) is 2.92. The van der Waals surface area contributed by atoms with Crippen molar-refractivity contribution in [2.24, 2.45) is 0 Å². The molecule has 1 saturated heterocycles. The van der Waals surface area contributed by atoms with Crippen LogP contribution >= 0.6 is 22.6 Å². The predicted molar refractivity (Wildman–Crippen MR) is 47.1 cm³/mol. The average molecular weight is 236 g/mol. The van der Waals surface area contributed by atoms with Crippen LogP contribution in [0.3, 0.4) is 0 Å². The maximum Gasteiger partial charge on any atom is 0.109 e. The molecule has 3 atom stereocenters. The van der Waals surface area contributed by atoms with Crippen molar-refractivity contribution >= 4 is 30.4 Å². The summed E-state index contributed by atoms with van der Waals surface area (Å²) in [6.07, 6.45) is 2.50. The van der Waals surface area contributed by atoms with E-state index in [1.807, 2.05) is 0 Å². The van der Waals surface area contributed by atoms with Crippen molar-refractivity contribution < 1.29 is 4.74 Å². The van der Waals surface area contributed by atoms with E-state index in [4.69, 9.17) is 12.6 Å². The molecule has 9 heavy (non-hydrogen) atoms. The van der Waals surface area contributed by atoms with Gasteiger partial charge in [0.15, 0.2) is 0 Å². The highest BCUT2D eigenvalue weighted by atomic mass is 127. The molecule has 0 aromatic rings. The fourth-order valence-electron chi connectivity index (χ4n) is 1.09. The second-order valence-electron chi connectivity index (χ2n) is 2.37. The molecule has 0 unspecified atom stereocenters. The number of halogens is 1. The summed E-state index contributed by atoms with van der Waals surface area (Å²) in [5.41, 5.74) is 0. The first-order chi connectivity index (χ1) is 4.24. The number of ether oxygens (including phenoxy) is 1. The van der Waals surface area contributed by atoms with Gasteiger partial charge in [-0.3, -0.25) is 0 Å². The Morgan fingerprint density at radius 1 is 1.78 bits per heavy atom. The van der Waals surface area contributed by atoms with Crippen LogP contribution in [-0.2, 0) is 4.74 Å². The molecule has 0 amide bonds. The molecule has 1 aliphatic heterocycles. The molecular formula is C6H10BIO. The first-order valence-corrected chi connectivity index (χ1v) is 4.53. The van der Waals surface area contributed by atoms with Gasteiger partial charge in [-0.05, 0) is 12.8 Å². The van der Waals surface area contributed by atoms with Gasteiger partial charge in [0, 0.05) is 9.93 Å². The lowest BCUT2D eigenvalue weighted by molar-refractivity contribution is 0.0885. The molecule has 1 fully saturated rings. The molecule has 1 rings (SSSR count). The standard InChI is InChI=1S/C6H10BIO/c1-2-5-4(8)3-6(7)9-5/h4-6H,2-3H2,1H3/t4-,5+,6-/m0/s1. The molecule has 0 N–H and O–H groups in total. The molecule has 2 radical (unpaired) electrons. The highest BCUT2D eigenvalue weighted by molar-refractivity contribution is 14.1. The van der Waals surface area contributed by atoms with Crippen molar-refractivity contribution in [3.05, 3.63) is 0 Å². The number of alkyl halides is 1. The molecule has 3 heteroatoms. The van der Waals surface area contributed by atoms with Gasteiger partial charge in [0.25, 0.3) is 0 Å². The van der Waals surface area contributed by atoms with Crippen LogP contribution in [0.5, 0.6) is 0 Å². The van der Waals surface area contributed by atoms with E-state index in [1.54, 1.807) is 0 Å². The molecular weight excluding hydrogens is 226 g/mol. The zero-order valence-electron chi connectivity index (χ0n) is 5.51. The molecule has 50 valence electrons. The Hall–Kier alpha value is 0.755. The van der Waals surface area contributed by atoms with Crippen molar-refractivity contribution in [2.45, 2.75) is 35.8 Å². The third-order valence-electron chi connectivity index (χ3n) is 1.61. The van der Waals surface area contributed by atoms with Gasteiger partial charge >= 0.3 is 0 Å². The van der Waals surface area contributed by atoms with Crippen LogP contribution in [0.25, 0.3) is 0 Å². The number of rotatable bonds is 1. The molecule has 0 aliphatic carbocycles. The Balaban J connectivity index is 2.38. The Morgan fingerprint density at radius 2 is 2.44 bits per heavy atom. The van der Waals surface area contributed by atoms with Crippen LogP contribution < -0.4 is 0 Å². The fourth-order valence-corrected chi connectivity index (χ4v) is 2.27. The van der Waals surface area contributed by atoms with E-state index in [2.05, 4.69) is 29.5 Å². The van der Waals surface area contributed by atoms with Gasteiger partial charge in [-0.25, -0.2) is 0 Å². The molecule has 1 nitrogen and oxygen atoms in total. The van der Waals surface area contributed by atoms with E-state index >= 15 is 0 Å². The van der Waals surface area contributed by atoms with Crippen LogP contribution in [0.2, 0.25) is 0 Å². The fraction of sp³-hybridized carbons (Fsp3) is 1.00. The molecule has 1 aliphatic rings. The van der Waals surface area contributed by atoms with Gasteiger partial charge < -0.3 is 4.74 Å².